The molecule has 0 fully saturated rings. The van der Waals surface area contributed by atoms with Crippen molar-refractivity contribution >= 4 is 24.1 Å². The van der Waals surface area contributed by atoms with E-state index in [0.29, 0.717) is 12.0 Å². The summed E-state index contributed by atoms with van der Waals surface area (Å²) < 4.78 is 5.58. The summed E-state index contributed by atoms with van der Waals surface area (Å²) in [4.78, 5) is 12.2. The molecule has 2 aromatic rings. The Hall–Kier alpha value is -2.24. The molecule has 0 saturated heterocycles. The minimum atomic E-state index is -0.197. The van der Waals surface area contributed by atoms with Gasteiger partial charge >= 0.3 is 6.03 Å². The molecule has 0 saturated carbocycles. The largest absolute Gasteiger partial charge is 0.496 e. The number of ether oxygens (including phenoxy) is 1. The Bertz CT molecular complexity index is 771. The van der Waals surface area contributed by atoms with E-state index in [9.17, 15) is 4.79 Å². The van der Waals surface area contributed by atoms with Crippen molar-refractivity contribution < 1.29 is 9.53 Å². The predicted octanol–water partition coefficient (Wildman–Crippen LogP) is 4.76. The molecule has 5 nitrogen and oxygen atoms in total. The maximum atomic E-state index is 12.2. The van der Waals surface area contributed by atoms with Crippen LogP contribution in [-0.2, 0) is 12.8 Å². The van der Waals surface area contributed by atoms with Gasteiger partial charge in [-0.05, 0) is 67.9 Å². The summed E-state index contributed by atoms with van der Waals surface area (Å²) in [5.74, 6) is 1.51. The quantitative estimate of drug-likeness (QED) is 0.569. The van der Waals surface area contributed by atoms with Crippen LogP contribution >= 0.6 is 12.4 Å². The number of carbonyl (C=O) groups excluding carboxylic acids is 1. The van der Waals surface area contributed by atoms with E-state index in [1.807, 2.05) is 43.3 Å². The number of aryl methyl sites for hydroxylation is 1. The molecule has 0 spiro atoms. The molecule has 2 aromatic carbocycles. The van der Waals surface area contributed by atoms with E-state index in [0.717, 1.165) is 37.1 Å². The number of para-hydroxylation sites is 1. The Morgan fingerprint density at radius 1 is 1.17 bits per heavy atom. The van der Waals surface area contributed by atoms with Gasteiger partial charge in [0.25, 0.3) is 0 Å². The molecular weight excluding hydrogens is 386 g/mol. The standard InChI is InChI=1S/C23H31N3O2.ClH/c1-4-21(18-14-13-17-9-8-12-22(28-3)20(17)15-18)24-16(2)25-23(27)26-19-10-6-5-7-11-19;/h5-12,16,18,21,24H,4,13-15H2,1-3H3,(H2,25,26,27);1H. The molecule has 6 heteroatoms. The van der Waals surface area contributed by atoms with Crippen molar-refractivity contribution in [3.8, 4) is 5.75 Å². The number of amides is 2. The Labute approximate surface area is 180 Å². The highest BCUT2D eigenvalue weighted by Gasteiger charge is 2.28. The molecule has 0 aliphatic heterocycles. The number of nitrogens with one attached hydrogen (secondary N) is 3. The van der Waals surface area contributed by atoms with Crippen LogP contribution in [0.1, 0.15) is 37.8 Å². The van der Waals surface area contributed by atoms with Crippen molar-refractivity contribution in [2.45, 2.75) is 51.7 Å². The molecule has 1 aliphatic carbocycles. The molecule has 3 N–H and O–H groups in total. The third-order valence-corrected chi connectivity index (χ3v) is 5.55. The van der Waals surface area contributed by atoms with Gasteiger partial charge in [-0.1, -0.05) is 37.3 Å². The molecule has 29 heavy (non-hydrogen) atoms. The van der Waals surface area contributed by atoms with Gasteiger partial charge in [-0.3, -0.25) is 5.32 Å². The monoisotopic (exact) mass is 417 g/mol. The predicted molar refractivity (Wildman–Crippen MR) is 121 cm³/mol. The average Bonchev–Trinajstić information content (AvgIpc) is 2.71. The van der Waals surface area contributed by atoms with Crippen molar-refractivity contribution in [2.75, 3.05) is 12.4 Å². The molecule has 3 unspecified atom stereocenters. The molecule has 1 aliphatic rings. The lowest BCUT2D eigenvalue weighted by atomic mass is 9.79. The van der Waals surface area contributed by atoms with Crippen LogP contribution in [-0.4, -0.2) is 25.3 Å². The van der Waals surface area contributed by atoms with Crippen molar-refractivity contribution in [3.05, 3.63) is 59.7 Å². The first-order valence-electron chi connectivity index (χ1n) is 10.1. The second-order valence-electron chi connectivity index (χ2n) is 7.47. The van der Waals surface area contributed by atoms with Crippen molar-refractivity contribution in [1.82, 2.24) is 10.6 Å². The van der Waals surface area contributed by atoms with E-state index in [4.69, 9.17) is 4.74 Å². The normalized spacial score (nSPS) is 17.3. The van der Waals surface area contributed by atoms with Gasteiger partial charge < -0.3 is 15.4 Å². The fraction of sp³-hybridized carbons (Fsp3) is 0.435. The summed E-state index contributed by atoms with van der Waals surface area (Å²) in [6, 6.07) is 16.0. The van der Waals surface area contributed by atoms with Gasteiger partial charge in [-0.15, -0.1) is 12.4 Å². The van der Waals surface area contributed by atoms with Crippen LogP contribution in [0.4, 0.5) is 10.5 Å². The highest BCUT2D eigenvalue weighted by Crippen LogP contribution is 2.34. The lowest BCUT2D eigenvalue weighted by molar-refractivity contribution is 0.237. The van der Waals surface area contributed by atoms with Gasteiger partial charge in [0.1, 0.15) is 5.75 Å². The Morgan fingerprint density at radius 3 is 2.62 bits per heavy atom. The average molecular weight is 418 g/mol. The molecule has 0 aromatic heterocycles. The van der Waals surface area contributed by atoms with Crippen LogP contribution in [0.25, 0.3) is 0 Å². The summed E-state index contributed by atoms with van der Waals surface area (Å²) in [5.41, 5.74) is 3.53. The first kappa shape index (κ1) is 23.0. The third-order valence-electron chi connectivity index (χ3n) is 5.55. The Morgan fingerprint density at radius 2 is 1.93 bits per heavy atom. The number of fused-ring (bicyclic) bond motifs is 1. The van der Waals surface area contributed by atoms with E-state index >= 15 is 0 Å². The number of anilines is 1. The van der Waals surface area contributed by atoms with Crippen LogP contribution in [0.5, 0.6) is 5.75 Å². The second-order valence-corrected chi connectivity index (χ2v) is 7.47. The first-order chi connectivity index (χ1) is 13.6. The van der Waals surface area contributed by atoms with Gasteiger partial charge in [0.05, 0.1) is 13.3 Å². The van der Waals surface area contributed by atoms with Crippen molar-refractivity contribution in [2.24, 2.45) is 5.92 Å². The maximum Gasteiger partial charge on any atom is 0.320 e. The van der Waals surface area contributed by atoms with Crippen LogP contribution < -0.4 is 20.7 Å². The third kappa shape index (κ3) is 6.12. The molecule has 3 atom stereocenters. The van der Waals surface area contributed by atoms with E-state index in [2.05, 4.69) is 35.0 Å². The Balaban J connectivity index is 0.00000300. The molecule has 2 amide bonds. The van der Waals surface area contributed by atoms with Gasteiger partial charge in [-0.25, -0.2) is 4.79 Å². The lowest BCUT2D eigenvalue weighted by Crippen LogP contribution is -2.51. The minimum absolute atomic E-state index is 0. The molecule has 0 radical (unpaired) electrons. The van der Waals surface area contributed by atoms with E-state index in [-0.39, 0.29) is 24.6 Å². The van der Waals surface area contributed by atoms with Gasteiger partial charge in [-0.2, -0.15) is 0 Å². The van der Waals surface area contributed by atoms with Crippen LogP contribution in [0.3, 0.4) is 0 Å². The van der Waals surface area contributed by atoms with Gasteiger partial charge in [0, 0.05) is 11.7 Å². The smallest absolute Gasteiger partial charge is 0.320 e. The number of hydrogen-bond acceptors (Lipinski definition) is 3. The van der Waals surface area contributed by atoms with Crippen LogP contribution in [0.15, 0.2) is 48.5 Å². The second kappa shape index (κ2) is 11.1. The Kier molecular flexibility index (Phi) is 8.80. The van der Waals surface area contributed by atoms with Crippen molar-refractivity contribution in [1.29, 1.82) is 0 Å². The number of urea groups is 1. The minimum Gasteiger partial charge on any atom is -0.496 e. The van der Waals surface area contributed by atoms with Crippen LogP contribution in [0, 0.1) is 5.92 Å². The van der Waals surface area contributed by atoms with E-state index < -0.39 is 0 Å². The summed E-state index contributed by atoms with van der Waals surface area (Å²) in [5, 5.41) is 9.46. The summed E-state index contributed by atoms with van der Waals surface area (Å²) in [6.45, 7) is 4.19. The first-order valence-corrected chi connectivity index (χ1v) is 10.1. The highest BCUT2D eigenvalue weighted by molar-refractivity contribution is 5.89. The zero-order chi connectivity index (χ0) is 19.9. The number of benzene rings is 2. The zero-order valence-electron chi connectivity index (χ0n) is 17.4. The summed E-state index contributed by atoms with van der Waals surface area (Å²) >= 11 is 0. The molecule has 0 heterocycles. The fourth-order valence-corrected chi connectivity index (χ4v) is 4.15. The number of halogens is 1. The molecule has 3 rings (SSSR count). The van der Waals surface area contributed by atoms with Crippen molar-refractivity contribution in [3.63, 3.8) is 0 Å². The summed E-state index contributed by atoms with van der Waals surface area (Å²) in [7, 11) is 1.74. The van der Waals surface area contributed by atoms with Gasteiger partial charge in [0.15, 0.2) is 0 Å². The van der Waals surface area contributed by atoms with E-state index in [1.165, 1.54) is 11.1 Å². The molecule has 158 valence electrons. The number of hydrogen-bond donors (Lipinski definition) is 3. The van der Waals surface area contributed by atoms with Gasteiger partial charge in [0.2, 0.25) is 0 Å². The zero-order valence-corrected chi connectivity index (χ0v) is 18.2. The highest BCUT2D eigenvalue weighted by atomic mass is 35.5. The topological polar surface area (TPSA) is 62.4 Å². The maximum absolute atomic E-state index is 12.2. The van der Waals surface area contributed by atoms with Crippen LogP contribution in [0.2, 0.25) is 0 Å². The molecule has 0 bridgehead atoms. The number of carbonyl (C=O) groups is 1. The van der Waals surface area contributed by atoms with E-state index in [1.54, 1.807) is 7.11 Å². The summed E-state index contributed by atoms with van der Waals surface area (Å²) in [6.07, 6.45) is 4.13. The number of rotatable bonds is 7. The lowest BCUT2D eigenvalue weighted by Gasteiger charge is -2.34. The fourth-order valence-electron chi connectivity index (χ4n) is 4.15. The number of methoxy groups -OCH3 is 1. The molecular formula is C23H32ClN3O2. The SMILES string of the molecule is CCC(NC(C)NC(=O)Nc1ccccc1)C1CCc2cccc(OC)c2C1.Cl.